The van der Waals surface area contributed by atoms with Crippen LogP contribution in [0.1, 0.15) is 95.1 Å². The van der Waals surface area contributed by atoms with E-state index in [1.54, 1.807) is 6.07 Å². The molecule has 0 fully saturated rings. The number of ether oxygens (including phenoxy) is 2. The molecule has 0 aliphatic heterocycles. The highest BCUT2D eigenvalue weighted by atomic mass is 19.1. The molecule has 0 saturated carbocycles. The number of halogens is 1. The van der Waals surface area contributed by atoms with E-state index in [2.05, 4.69) is 6.92 Å². The molecule has 168 valence electrons. The Balaban J connectivity index is 1.94. The van der Waals surface area contributed by atoms with Gasteiger partial charge in [-0.15, -0.1) is 0 Å². The van der Waals surface area contributed by atoms with Gasteiger partial charge in [-0.05, 0) is 25.0 Å². The summed E-state index contributed by atoms with van der Waals surface area (Å²) in [6.45, 7) is 5.19. The third kappa shape index (κ3) is 13.8. The first kappa shape index (κ1) is 26.1. The van der Waals surface area contributed by atoms with Gasteiger partial charge in [-0.3, -0.25) is 0 Å². The Kier molecular flexibility index (Phi) is 16.0. The van der Waals surface area contributed by atoms with Gasteiger partial charge in [0.15, 0.2) is 0 Å². The molecule has 29 heavy (non-hydrogen) atoms. The minimum absolute atomic E-state index is 0.119. The summed E-state index contributed by atoms with van der Waals surface area (Å²) in [6, 6.07) is 5.09. The molecule has 1 atom stereocenters. The lowest BCUT2D eigenvalue weighted by molar-refractivity contribution is -0.0509. The number of hydrogen-bond donors (Lipinski definition) is 1. The monoisotopic (exact) mass is 410 g/mol. The van der Waals surface area contributed by atoms with Gasteiger partial charge >= 0.3 is 0 Å². The first-order chi connectivity index (χ1) is 14.2. The van der Waals surface area contributed by atoms with E-state index >= 15 is 0 Å². The van der Waals surface area contributed by atoms with E-state index in [0.29, 0.717) is 18.8 Å². The van der Waals surface area contributed by atoms with Crippen LogP contribution in [0.5, 0.6) is 0 Å². The van der Waals surface area contributed by atoms with Gasteiger partial charge in [0.05, 0.1) is 19.8 Å². The van der Waals surface area contributed by atoms with Gasteiger partial charge in [-0.2, -0.15) is 0 Å². The van der Waals surface area contributed by atoms with Crippen LogP contribution in [-0.4, -0.2) is 31.0 Å². The van der Waals surface area contributed by atoms with Gasteiger partial charge in [-0.1, -0.05) is 89.7 Å². The predicted molar refractivity (Wildman–Crippen MR) is 119 cm³/mol. The molecule has 1 N–H and O–H groups in total. The molecule has 0 spiro atoms. The van der Waals surface area contributed by atoms with Crippen molar-refractivity contribution in [2.24, 2.45) is 0 Å². The van der Waals surface area contributed by atoms with Gasteiger partial charge in [0.2, 0.25) is 0 Å². The fraction of sp³-hybridized carbons (Fsp3) is 0.760. The minimum atomic E-state index is -0.409. The van der Waals surface area contributed by atoms with Crippen LogP contribution < -0.4 is 0 Å². The number of hydrogen-bond acceptors (Lipinski definition) is 3. The SMILES string of the molecule is CCCCCCCCCCCCCCOC[C@H](CO)OCc1ccc(C)cc1F. The summed E-state index contributed by atoms with van der Waals surface area (Å²) in [5.41, 5.74) is 1.39. The van der Waals surface area contributed by atoms with E-state index < -0.39 is 6.10 Å². The van der Waals surface area contributed by atoms with Crippen LogP contribution in [0.25, 0.3) is 0 Å². The van der Waals surface area contributed by atoms with Crippen LogP contribution in [0.3, 0.4) is 0 Å². The van der Waals surface area contributed by atoms with E-state index in [-0.39, 0.29) is 19.0 Å². The van der Waals surface area contributed by atoms with Crippen LogP contribution in [0.15, 0.2) is 18.2 Å². The molecule has 0 aliphatic carbocycles. The van der Waals surface area contributed by atoms with Gasteiger partial charge < -0.3 is 14.6 Å². The molecule has 1 aromatic rings. The molecule has 0 heterocycles. The quantitative estimate of drug-likeness (QED) is 0.257. The van der Waals surface area contributed by atoms with Crippen molar-refractivity contribution in [2.75, 3.05) is 19.8 Å². The summed E-state index contributed by atoms with van der Waals surface area (Å²) in [7, 11) is 0. The smallest absolute Gasteiger partial charge is 0.128 e. The molecule has 0 radical (unpaired) electrons. The largest absolute Gasteiger partial charge is 0.394 e. The lowest BCUT2D eigenvalue weighted by Gasteiger charge is -2.16. The summed E-state index contributed by atoms with van der Waals surface area (Å²) in [6.07, 6.45) is 15.5. The molecule has 4 heteroatoms. The first-order valence-corrected chi connectivity index (χ1v) is 11.7. The third-order valence-electron chi connectivity index (χ3n) is 5.33. The molecule has 0 bridgehead atoms. The normalized spacial score (nSPS) is 12.4. The van der Waals surface area contributed by atoms with Crippen LogP contribution in [0.4, 0.5) is 4.39 Å². The molecule has 0 amide bonds. The number of benzene rings is 1. The van der Waals surface area contributed by atoms with Gasteiger partial charge in [0.25, 0.3) is 0 Å². The second-order valence-electron chi connectivity index (χ2n) is 8.17. The molecule has 1 rings (SSSR count). The van der Waals surface area contributed by atoms with Crippen LogP contribution in [-0.2, 0) is 16.1 Å². The Bertz CT molecular complexity index is 507. The van der Waals surface area contributed by atoms with Crippen LogP contribution >= 0.6 is 0 Å². The second kappa shape index (κ2) is 17.9. The zero-order valence-electron chi connectivity index (χ0n) is 18.8. The zero-order valence-corrected chi connectivity index (χ0v) is 18.8. The molecular weight excluding hydrogens is 367 g/mol. The lowest BCUT2D eigenvalue weighted by Crippen LogP contribution is -2.24. The Morgan fingerprint density at radius 2 is 1.48 bits per heavy atom. The molecule has 0 saturated heterocycles. The average molecular weight is 411 g/mol. The minimum Gasteiger partial charge on any atom is -0.394 e. The highest BCUT2D eigenvalue weighted by molar-refractivity contribution is 5.22. The maximum absolute atomic E-state index is 13.8. The van der Waals surface area contributed by atoms with Gasteiger partial charge in [0.1, 0.15) is 11.9 Å². The second-order valence-corrected chi connectivity index (χ2v) is 8.17. The summed E-state index contributed by atoms with van der Waals surface area (Å²) >= 11 is 0. The molecular formula is C25H43FO3. The lowest BCUT2D eigenvalue weighted by atomic mass is 10.1. The van der Waals surface area contributed by atoms with Crippen molar-refractivity contribution in [3.63, 3.8) is 0 Å². The summed E-state index contributed by atoms with van der Waals surface area (Å²) in [5, 5.41) is 9.42. The Labute approximate surface area is 178 Å². The number of aliphatic hydroxyl groups excluding tert-OH is 1. The van der Waals surface area contributed by atoms with Crippen molar-refractivity contribution >= 4 is 0 Å². The zero-order chi connectivity index (χ0) is 21.2. The average Bonchev–Trinajstić information content (AvgIpc) is 2.71. The number of unbranched alkanes of at least 4 members (excludes halogenated alkanes) is 11. The fourth-order valence-corrected chi connectivity index (χ4v) is 3.39. The summed E-state index contributed by atoms with van der Waals surface area (Å²) in [5.74, 6) is -0.265. The molecule has 3 nitrogen and oxygen atoms in total. The third-order valence-corrected chi connectivity index (χ3v) is 5.33. The van der Waals surface area contributed by atoms with Crippen molar-refractivity contribution in [3.8, 4) is 0 Å². The van der Waals surface area contributed by atoms with Crippen LogP contribution in [0.2, 0.25) is 0 Å². The van der Waals surface area contributed by atoms with Crippen molar-refractivity contribution in [1.82, 2.24) is 0 Å². The standard InChI is InChI=1S/C25H43FO3/c1-3-4-5-6-7-8-9-10-11-12-13-14-17-28-21-24(19-27)29-20-23-16-15-22(2)18-25(23)26/h15-16,18,24,27H,3-14,17,19-21H2,1-2H3/t24-/m0/s1. The Morgan fingerprint density at radius 1 is 0.897 bits per heavy atom. The Hall–Kier alpha value is -0.970. The highest BCUT2D eigenvalue weighted by Gasteiger charge is 2.10. The topological polar surface area (TPSA) is 38.7 Å². The summed E-state index contributed by atoms with van der Waals surface area (Å²) < 4.78 is 25.1. The first-order valence-electron chi connectivity index (χ1n) is 11.7. The van der Waals surface area contributed by atoms with Gasteiger partial charge in [-0.25, -0.2) is 4.39 Å². The molecule has 1 aromatic carbocycles. The van der Waals surface area contributed by atoms with Gasteiger partial charge in [0, 0.05) is 12.2 Å². The Morgan fingerprint density at radius 3 is 2.03 bits per heavy atom. The molecule has 0 aliphatic rings. The number of rotatable bonds is 19. The van der Waals surface area contributed by atoms with E-state index in [4.69, 9.17) is 9.47 Å². The highest BCUT2D eigenvalue weighted by Crippen LogP contribution is 2.13. The molecule has 0 unspecified atom stereocenters. The molecule has 0 aromatic heterocycles. The predicted octanol–water partition coefficient (Wildman–Crippen LogP) is 6.73. The van der Waals surface area contributed by atoms with E-state index in [9.17, 15) is 9.50 Å². The van der Waals surface area contributed by atoms with Crippen molar-refractivity contribution in [1.29, 1.82) is 0 Å². The van der Waals surface area contributed by atoms with E-state index in [1.165, 1.54) is 76.7 Å². The van der Waals surface area contributed by atoms with Crippen molar-refractivity contribution in [2.45, 2.75) is 104 Å². The number of aryl methyl sites for hydroxylation is 1. The fourth-order valence-electron chi connectivity index (χ4n) is 3.39. The van der Waals surface area contributed by atoms with Crippen molar-refractivity contribution in [3.05, 3.63) is 35.1 Å². The van der Waals surface area contributed by atoms with Crippen molar-refractivity contribution < 1.29 is 19.0 Å². The maximum Gasteiger partial charge on any atom is 0.128 e. The van der Waals surface area contributed by atoms with E-state index in [1.807, 2.05) is 13.0 Å². The maximum atomic E-state index is 13.8. The van der Waals surface area contributed by atoms with Crippen LogP contribution in [0, 0.1) is 12.7 Å². The van der Waals surface area contributed by atoms with E-state index in [0.717, 1.165) is 12.0 Å². The summed E-state index contributed by atoms with van der Waals surface area (Å²) in [4.78, 5) is 0. The number of aliphatic hydroxyl groups is 1.